The molecule has 3 rings (SSSR count). The zero-order valence-corrected chi connectivity index (χ0v) is 13.0. The van der Waals surface area contributed by atoms with E-state index in [4.69, 9.17) is 10.7 Å². The number of aromatic nitrogens is 3. The first-order valence-corrected chi connectivity index (χ1v) is 7.71. The topological polar surface area (TPSA) is 64.7 Å². The van der Waals surface area contributed by atoms with Crippen molar-refractivity contribution < 1.29 is 0 Å². The molecular formula is C15H17BrN4. The summed E-state index contributed by atoms with van der Waals surface area (Å²) in [5.41, 5.74) is 8.81. The number of hydrogen-bond acceptors (Lipinski definition) is 4. The molecule has 1 aliphatic carbocycles. The summed E-state index contributed by atoms with van der Waals surface area (Å²) in [4.78, 5) is 13.6. The van der Waals surface area contributed by atoms with Crippen LogP contribution in [-0.2, 0) is 0 Å². The van der Waals surface area contributed by atoms with Crippen molar-refractivity contribution in [2.24, 2.45) is 0 Å². The molecule has 1 aliphatic rings. The summed E-state index contributed by atoms with van der Waals surface area (Å²) in [5, 5.41) is 0. The van der Waals surface area contributed by atoms with Crippen LogP contribution in [0.5, 0.6) is 0 Å². The maximum absolute atomic E-state index is 6.04. The quantitative estimate of drug-likeness (QED) is 0.907. The van der Waals surface area contributed by atoms with E-state index in [-0.39, 0.29) is 0 Å². The van der Waals surface area contributed by atoms with Crippen LogP contribution in [0.3, 0.4) is 0 Å². The molecule has 0 bridgehead atoms. The molecule has 5 heteroatoms. The summed E-state index contributed by atoms with van der Waals surface area (Å²) >= 11 is 3.54. The van der Waals surface area contributed by atoms with Crippen LogP contribution in [0.4, 0.5) is 5.82 Å². The van der Waals surface area contributed by atoms with Gasteiger partial charge in [-0.05, 0) is 47.8 Å². The molecule has 0 amide bonds. The first kappa shape index (κ1) is 13.5. The minimum absolute atomic E-state index is 0.484. The van der Waals surface area contributed by atoms with Crippen molar-refractivity contribution in [2.45, 2.75) is 38.5 Å². The van der Waals surface area contributed by atoms with E-state index in [1.54, 1.807) is 0 Å². The van der Waals surface area contributed by atoms with Crippen LogP contribution < -0.4 is 5.73 Å². The lowest BCUT2D eigenvalue weighted by atomic mass is 10.0. The molecule has 1 saturated carbocycles. The van der Waals surface area contributed by atoms with Gasteiger partial charge in [0.25, 0.3) is 0 Å². The van der Waals surface area contributed by atoms with E-state index in [0.29, 0.717) is 17.6 Å². The third-order valence-corrected chi connectivity index (χ3v) is 4.57. The molecule has 20 heavy (non-hydrogen) atoms. The lowest BCUT2D eigenvalue weighted by Gasteiger charge is -2.13. The zero-order valence-electron chi connectivity index (χ0n) is 11.4. The molecule has 0 spiro atoms. The van der Waals surface area contributed by atoms with Crippen molar-refractivity contribution in [3.05, 3.63) is 34.1 Å². The fraction of sp³-hybridized carbons (Fsp3) is 0.400. The highest BCUT2D eigenvalue weighted by Crippen LogP contribution is 2.38. The van der Waals surface area contributed by atoms with E-state index in [9.17, 15) is 0 Å². The first-order chi connectivity index (χ1) is 9.65. The Morgan fingerprint density at radius 3 is 2.60 bits per heavy atom. The van der Waals surface area contributed by atoms with Crippen LogP contribution >= 0.6 is 15.9 Å². The summed E-state index contributed by atoms with van der Waals surface area (Å²) in [6.45, 7) is 1.96. The van der Waals surface area contributed by atoms with Crippen molar-refractivity contribution in [3.63, 3.8) is 0 Å². The number of halogens is 1. The Bertz CT molecular complexity index is 636. The Labute approximate surface area is 127 Å². The van der Waals surface area contributed by atoms with E-state index in [2.05, 4.69) is 25.9 Å². The fourth-order valence-corrected chi connectivity index (χ4v) is 3.24. The second kappa shape index (κ2) is 5.48. The Morgan fingerprint density at radius 1 is 1.15 bits per heavy atom. The Hall–Kier alpha value is -1.49. The molecule has 2 aromatic rings. The molecule has 2 heterocycles. The monoisotopic (exact) mass is 332 g/mol. The number of nitrogens with two attached hydrogens (primary N) is 1. The Morgan fingerprint density at radius 2 is 1.90 bits per heavy atom. The van der Waals surface area contributed by atoms with Gasteiger partial charge in [0, 0.05) is 11.6 Å². The van der Waals surface area contributed by atoms with Gasteiger partial charge in [-0.1, -0.05) is 18.9 Å². The zero-order chi connectivity index (χ0) is 14.1. The lowest BCUT2D eigenvalue weighted by Crippen LogP contribution is -2.06. The maximum atomic E-state index is 6.04. The van der Waals surface area contributed by atoms with Gasteiger partial charge in [0.1, 0.15) is 11.5 Å². The van der Waals surface area contributed by atoms with Crippen LogP contribution in [-0.4, -0.2) is 15.0 Å². The van der Waals surface area contributed by atoms with Gasteiger partial charge >= 0.3 is 0 Å². The maximum Gasteiger partial charge on any atom is 0.180 e. The van der Waals surface area contributed by atoms with Crippen LogP contribution in [0.2, 0.25) is 0 Å². The predicted octanol–water partition coefficient (Wildman–Crippen LogP) is 3.85. The minimum atomic E-state index is 0.484. The molecule has 1 fully saturated rings. The second-order valence-electron chi connectivity index (χ2n) is 5.28. The SMILES string of the molecule is Cc1cccc(-c2nc(N)c(Br)c(C3CCCC3)n2)n1. The summed E-state index contributed by atoms with van der Waals surface area (Å²) < 4.78 is 0.848. The van der Waals surface area contributed by atoms with Crippen molar-refractivity contribution in [2.75, 3.05) is 5.73 Å². The van der Waals surface area contributed by atoms with Crippen LogP contribution in [0.25, 0.3) is 11.5 Å². The van der Waals surface area contributed by atoms with Crippen molar-refractivity contribution >= 4 is 21.7 Å². The largest absolute Gasteiger partial charge is 0.383 e. The second-order valence-corrected chi connectivity index (χ2v) is 6.07. The molecule has 4 nitrogen and oxygen atoms in total. The highest BCUT2D eigenvalue weighted by atomic mass is 79.9. The van der Waals surface area contributed by atoms with Crippen LogP contribution in [0, 0.1) is 6.92 Å². The molecule has 0 saturated heterocycles. The molecule has 104 valence electrons. The van der Waals surface area contributed by atoms with Gasteiger partial charge in [0.15, 0.2) is 5.82 Å². The summed E-state index contributed by atoms with van der Waals surface area (Å²) in [6.07, 6.45) is 4.88. The molecular weight excluding hydrogens is 316 g/mol. The van der Waals surface area contributed by atoms with Crippen LogP contribution in [0.15, 0.2) is 22.7 Å². The highest BCUT2D eigenvalue weighted by Gasteiger charge is 2.23. The van der Waals surface area contributed by atoms with Gasteiger partial charge in [-0.2, -0.15) is 0 Å². The van der Waals surface area contributed by atoms with Crippen molar-refractivity contribution in [1.29, 1.82) is 0 Å². The van der Waals surface area contributed by atoms with Crippen molar-refractivity contribution in [1.82, 2.24) is 15.0 Å². The average molecular weight is 333 g/mol. The molecule has 0 atom stereocenters. The molecule has 0 aliphatic heterocycles. The number of nitrogens with zero attached hydrogens (tertiary/aromatic N) is 3. The van der Waals surface area contributed by atoms with Crippen molar-refractivity contribution in [3.8, 4) is 11.5 Å². The number of hydrogen-bond donors (Lipinski definition) is 1. The Balaban J connectivity index is 2.08. The average Bonchev–Trinajstić information content (AvgIpc) is 2.95. The number of nitrogen functional groups attached to an aromatic ring is 1. The van der Waals surface area contributed by atoms with Gasteiger partial charge in [-0.25, -0.2) is 15.0 Å². The molecule has 2 aromatic heterocycles. The number of aryl methyl sites for hydroxylation is 1. The number of pyridine rings is 1. The van der Waals surface area contributed by atoms with Gasteiger partial charge in [-0.3, -0.25) is 0 Å². The van der Waals surface area contributed by atoms with E-state index >= 15 is 0 Å². The first-order valence-electron chi connectivity index (χ1n) is 6.92. The predicted molar refractivity (Wildman–Crippen MR) is 83.3 cm³/mol. The van der Waals surface area contributed by atoms with E-state index in [0.717, 1.165) is 21.6 Å². The summed E-state index contributed by atoms with van der Waals surface area (Å²) in [7, 11) is 0. The lowest BCUT2D eigenvalue weighted by molar-refractivity contribution is 0.691. The summed E-state index contributed by atoms with van der Waals surface area (Å²) in [5.74, 6) is 1.61. The molecule has 0 aromatic carbocycles. The minimum Gasteiger partial charge on any atom is -0.383 e. The van der Waals surface area contributed by atoms with Gasteiger partial charge < -0.3 is 5.73 Å². The standard InChI is InChI=1S/C15H17BrN4/c1-9-5-4-8-11(18-9)15-19-13(10-6-2-3-7-10)12(16)14(17)20-15/h4-5,8,10H,2-3,6-7H2,1H3,(H2,17,19,20). The van der Waals surface area contributed by atoms with E-state index in [1.165, 1.54) is 25.7 Å². The highest BCUT2D eigenvalue weighted by molar-refractivity contribution is 9.10. The third-order valence-electron chi connectivity index (χ3n) is 3.76. The Kier molecular flexibility index (Phi) is 3.70. The number of anilines is 1. The molecule has 0 radical (unpaired) electrons. The van der Waals surface area contributed by atoms with Gasteiger partial charge in [-0.15, -0.1) is 0 Å². The molecule has 2 N–H and O–H groups in total. The normalized spacial score (nSPS) is 15.7. The van der Waals surface area contributed by atoms with Crippen LogP contribution in [0.1, 0.15) is 43.0 Å². The van der Waals surface area contributed by atoms with Gasteiger partial charge in [0.2, 0.25) is 0 Å². The fourth-order valence-electron chi connectivity index (χ4n) is 2.73. The summed E-state index contributed by atoms with van der Waals surface area (Å²) in [6, 6.07) is 5.85. The van der Waals surface area contributed by atoms with E-state index < -0.39 is 0 Å². The number of rotatable bonds is 2. The molecule has 0 unspecified atom stereocenters. The van der Waals surface area contributed by atoms with E-state index in [1.807, 2.05) is 25.1 Å². The third kappa shape index (κ3) is 2.54. The smallest absolute Gasteiger partial charge is 0.180 e. The van der Waals surface area contributed by atoms with Gasteiger partial charge in [0.05, 0.1) is 10.2 Å².